The largest absolute Gasteiger partial charge is 0.299 e. The Morgan fingerprint density at radius 3 is 2.53 bits per heavy atom. The second-order valence-corrected chi connectivity index (χ2v) is 10.8. The molecule has 0 aliphatic carbocycles. The first-order valence-corrected chi connectivity index (χ1v) is 12.7. The van der Waals surface area contributed by atoms with Crippen LogP contribution in [-0.2, 0) is 20.6 Å². The normalized spacial score (nSPS) is 11.3. The van der Waals surface area contributed by atoms with E-state index < -0.39 is 15.9 Å². The summed E-state index contributed by atoms with van der Waals surface area (Å²) in [4.78, 5) is 12.5. The molecule has 10 heteroatoms. The fourth-order valence-electron chi connectivity index (χ4n) is 2.71. The summed E-state index contributed by atoms with van der Waals surface area (Å²) in [6.45, 7) is 3.40. The SMILES string of the molecule is Cc1cccc(N(CC(=O)Nc2nnc(SCc3ccccc3)s2)S(C)(=O)=O)c1C. The number of hydrogen-bond donors (Lipinski definition) is 1. The second kappa shape index (κ2) is 9.59. The highest BCUT2D eigenvalue weighted by Crippen LogP contribution is 2.29. The lowest BCUT2D eigenvalue weighted by Gasteiger charge is -2.24. The average Bonchev–Trinajstić information content (AvgIpc) is 3.14. The van der Waals surface area contributed by atoms with Crippen LogP contribution in [0.4, 0.5) is 10.8 Å². The highest BCUT2D eigenvalue weighted by Gasteiger charge is 2.23. The summed E-state index contributed by atoms with van der Waals surface area (Å²) < 4.78 is 26.5. The summed E-state index contributed by atoms with van der Waals surface area (Å²) in [5.41, 5.74) is 3.42. The molecule has 1 amide bonds. The number of benzene rings is 2. The van der Waals surface area contributed by atoms with Crippen molar-refractivity contribution in [2.24, 2.45) is 0 Å². The average molecular weight is 463 g/mol. The molecule has 0 unspecified atom stereocenters. The number of thioether (sulfide) groups is 1. The Morgan fingerprint density at radius 1 is 1.10 bits per heavy atom. The molecule has 0 saturated carbocycles. The van der Waals surface area contributed by atoms with Crippen LogP contribution >= 0.6 is 23.1 Å². The van der Waals surface area contributed by atoms with Crippen LogP contribution in [0.5, 0.6) is 0 Å². The van der Waals surface area contributed by atoms with Crippen molar-refractivity contribution in [1.29, 1.82) is 0 Å². The van der Waals surface area contributed by atoms with Gasteiger partial charge < -0.3 is 0 Å². The lowest BCUT2D eigenvalue weighted by molar-refractivity contribution is -0.114. The maximum absolute atomic E-state index is 12.5. The van der Waals surface area contributed by atoms with Gasteiger partial charge in [0.25, 0.3) is 0 Å². The van der Waals surface area contributed by atoms with Crippen molar-refractivity contribution in [3.63, 3.8) is 0 Å². The third-order valence-corrected chi connectivity index (χ3v) is 7.56. The molecule has 3 rings (SSSR count). The number of nitrogens with one attached hydrogen (secondary N) is 1. The molecule has 0 bridgehead atoms. The van der Waals surface area contributed by atoms with Crippen LogP contribution in [0.1, 0.15) is 16.7 Å². The zero-order valence-corrected chi connectivity index (χ0v) is 19.3. The zero-order chi connectivity index (χ0) is 21.7. The van der Waals surface area contributed by atoms with Gasteiger partial charge in [0.2, 0.25) is 21.1 Å². The number of sulfonamides is 1. The number of anilines is 2. The van der Waals surface area contributed by atoms with Crippen LogP contribution < -0.4 is 9.62 Å². The van der Waals surface area contributed by atoms with Gasteiger partial charge in [0.15, 0.2) is 4.34 Å². The molecule has 0 spiro atoms. The standard InChI is InChI=1S/C20H22N4O3S3/c1-14-8-7-11-17(15(14)2)24(30(3,26)27)12-18(25)21-19-22-23-20(29-19)28-13-16-9-5-4-6-10-16/h4-11H,12-13H2,1-3H3,(H,21,22,25). The number of rotatable bonds is 8. The quantitative estimate of drug-likeness (QED) is 0.404. The molecule has 1 heterocycles. The van der Waals surface area contributed by atoms with Crippen LogP contribution in [0.3, 0.4) is 0 Å². The number of hydrogen-bond acceptors (Lipinski definition) is 7. The molecule has 0 atom stereocenters. The lowest BCUT2D eigenvalue weighted by atomic mass is 10.1. The van der Waals surface area contributed by atoms with E-state index in [2.05, 4.69) is 15.5 Å². The first-order chi connectivity index (χ1) is 14.2. The van der Waals surface area contributed by atoms with Crippen molar-refractivity contribution in [1.82, 2.24) is 10.2 Å². The first kappa shape index (κ1) is 22.3. The van der Waals surface area contributed by atoms with E-state index in [4.69, 9.17) is 0 Å². The van der Waals surface area contributed by atoms with Crippen molar-refractivity contribution in [2.75, 3.05) is 22.4 Å². The Morgan fingerprint density at radius 2 is 1.83 bits per heavy atom. The van der Waals surface area contributed by atoms with Gasteiger partial charge in [-0.15, -0.1) is 10.2 Å². The Balaban J connectivity index is 1.66. The minimum atomic E-state index is -3.64. The Kier molecular flexibility index (Phi) is 7.11. The summed E-state index contributed by atoms with van der Waals surface area (Å²) in [6.07, 6.45) is 1.09. The third kappa shape index (κ3) is 5.80. The summed E-state index contributed by atoms with van der Waals surface area (Å²) in [6, 6.07) is 15.3. The van der Waals surface area contributed by atoms with E-state index in [1.807, 2.05) is 50.2 Å². The topological polar surface area (TPSA) is 92.3 Å². The third-order valence-electron chi connectivity index (χ3n) is 4.39. The number of aryl methyl sites for hydroxylation is 1. The minimum absolute atomic E-state index is 0.338. The summed E-state index contributed by atoms with van der Waals surface area (Å²) in [5.74, 6) is 0.273. The van der Waals surface area contributed by atoms with E-state index in [0.717, 1.165) is 31.8 Å². The Labute approximate surface area is 184 Å². The smallest absolute Gasteiger partial charge is 0.246 e. The summed E-state index contributed by atoms with van der Waals surface area (Å²) in [7, 11) is -3.64. The van der Waals surface area contributed by atoms with E-state index in [1.54, 1.807) is 12.1 Å². The molecule has 1 N–H and O–H groups in total. The van der Waals surface area contributed by atoms with E-state index in [0.29, 0.717) is 10.8 Å². The predicted octanol–water partition coefficient (Wildman–Crippen LogP) is 3.85. The maximum Gasteiger partial charge on any atom is 0.246 e. The number of carbonyl (C=O) groups excluding carboxylic acids is 1. The highest BCUT2D eigenvalue weighted by molar-refractivity contribution is 8.00. The predicted molar refractivity (Wildman–Crippen MR) is 123 cm³/mol. The second-order valence-electron chi connectivity index (χ2n) is 6.68. The number of carbonyl (C=O) groups is 1. The van der Waals surface area contributed by atoms with Crippen molar-refractivity contribution in [3.8, 4) is 0 Å². The van der Waals surface area contributed by atoms with E-state index in [-0.39, 0.29) is 6.54 Å². The van der Waals surface area contributed by atoms with E-state index in [9.17, 15) is 13.2 Å². The van der Waals surface area contributed by atoms with Crippen molar-refractivity contribution in [3.05, 3.63) is 65.2 Å². The Hall–Kier alpha value is -2.43. The Bertz CT molecular complexity index is 1130. The molecule has 0 radical (unpaired) electrons. The number of nitrogens with zero attached hydrogens (tertiary/aromatic N) is 3. The van der Waals surface area contributed by atoms with Crippen LogP contribution in [0, 0.1) is 13.8 Å². The maximum atomic E-state index is 12.5. The molecular weight excluding hydrogens is 440 g/mol. The van der Waals surface area contributed by atoms with Gasteiger partial charge in [-0.05, 0) is 36.6 Å². The van der Waals surface area contributed by atoms with E-state index >= 15 is 0 Å². The summed E-state index contributed by atoms with van der Waals surface area (Å²) in [5, 5.41) is 11.1. The summed E-state index contributed by atoms with van der Waals surface area (Å²) >= 11 is 2.78. The lowest BCUT2D eigenvalue weighted by Crippen LogP contribution is -2.38. The van der Waals surface area contributed by atoms with Gasteiger partial charge in [-0.3, -0.25) is 14.4 Å². The van der Waals surface area contributed by atoms with Gasteiger partial charge in [0.05, 0.1) is 11.9 Å². The van der Waals surface area contributed by atoms with Crippen molar-refractivity contribution in [2.45, 2.75) is 23.9 Å². The highest BCUT2D eigenvalue weighted by atomic mass is 32.2. The monoisotopic (exact) mass is 462 g/mol. The molecule has 1 aromatic heterocycles. The van der Waals surface area contributed by atoms with Crippen molar-refractivity contribution >= 4 is 49.8 Å². The minimum Gasteiger partial charge on any atom is -0.299 e. The fraction of sp³-hybridized carbons (Fsp3) is 0.250. The van der Waals surface area contributed by atoms with Crippen LogP contribution in [0.15, 0.2) is 52.9 Å². The van der Waals surface area contributed by atoms with Crippen LogP contribution in [0.2, 0.25) is 0 Å². The number of amides is 1. The zero-order valence-electron chi connectivity index (χ0n) is 16.8. The molecular formula is C20H22N4O3S3. The van der Waals surface area contributed by atoms with Crippen LogP contribution in [-0.4, -0.2) is 37.3 Å². The van der Waals surface area contributed by atoms with Crippen LogP contribution in [0.25, 0.3) is 0 Å². The first-order valence-electron chi connectivity index (χ1n) is 9.08. The van der Waals surface area contributed by atoms with E-state index in [1.165, 1.54) is 28.7 Å². The molecule has 0 aliphatic rings. The van der Waals surface area contributed by atoms with Gasteiger partial charge in [-0.2, -0.15) is 0 Å². The molecule has 0 aliphatic heterocycles. The number of aromatic nitrogens is 2. The molecule has 7 nitrogen and oxygen atoms in total. The molecule has 0 saturated heterocycles. The molecule has 30 heavy (non-hydrogen) atoms. The van der Waals surface area contributed by atoms with Gasteiger partial charge in [0.1, 0.15) is 6.54 Å². The van der Waals surface area contributed by atoms with Gasteiger partial charge >= 0.3 is 0 Å². The molecule has 158 valence electrons. The van der Waals surface area contributed by atoms with Gasteiger partial charge in [-0.25, -0.2) is 8.42 Å². The molecule has 0 fully saturated rings. The van der Waals surface area contributed by atoms with Gasteiger partial charge in [-0.1, -0.05) is 65.6 Å². The van der Waals surface area contributed by atoms with Crippen molar-refractivity contribution < 1.29 is 13.2 Å². The molecule has 2 aromatic carbocycles. The fourth-order valence-corrected chi connectivity index (χ4v) is 5.34. The molecule has 3 aromatic rings. The van der Waals surface area contributed by atoms with Gasteiger partial charge in [0, 0.05) is 5.75 Å².